The largest absolute Gasteiger partial charge is 0.465 e. The van der Waals surface area contributed by atoms with E-state index in [-0.39, 0.29) is 17.1 Å². The van der Waals surface area contributed by atoms with Crippen LogP contribution in [0.4, 0.5) is 0 Å². The van der Waals surface area contributed by atoms with E-state index in [1.54, 1.807) is 6.92 Å². The molecule has 0 aliphatic carbocycles. The Morgan fingerprint density at radius 2 is 2.11 bits per heavy atom. The minimum Gasteiger partial charge on any atom is -0.465 e. The lowest BCUT2D eigenvalue weighted by Crippen LogP contribution is -2.37. The highest BCUT2D eigenvalue weighted by atomic mass is 32.2. The number of sulfonamides is 1. The van der Waals surface area contributed by atoms with Crippen molar-refractivity contribution in [2.45, 2.75) is 17.9 Å². The third-order valence-corrected chi connectivity index (χ3v) is 4.78. The van der Waals surface area contributed by atoms with Gasteiger partial charge in [-0.25, -0.2) is 13.2 Å². The lowest BCUT2D eigenvalue weighted by molar-refractivity contribution is 0.0600. The number of esters is 1. The van der Waals surface area contributed by atoms with Crippen LogP contribution in [-0.4, -0.2) is 50.6 Å². The Kier molecular flexibility index (Phi) is 5.04. The van der Waals surface area contributed by atoms with Gasteiger partial charge in [0, 0.05) is 13.1 Å². The Hall–Kier alpha value is -1.44. The molecule has 1 aromatic carbocycles. The first-order valence-corrected chi connectivity index (χ1v) is 7.06. The zero-order valence-corrected chi connectivity index (χ0v) is 11.8. The molecular weight excluding hydrogens is 270 g/mol. The molecule has 0 fully saturated rings. The first kappa shape index (κ1) is 15.6. The molecule has 0 saturated carbocycles. The summed E-state index contributed by atoms with van der Waals surface area (Å²) in [7, 11) is -1.15. The third kappa shape index (κ3) is 3.31. The first-order chi connectivity index (χ1) is 8.84. The standard InChI is InChI=1S/C12H17NO5S/c1-9(8-14)13(2)19(16,17)11-6-4-5-10(7-11)12(15)18-3/h4-7,9,14H,8H2,1-3H3. The van der Waals surface area contributed by atoms with Crippen molar-refractivity contribution in [2.75, 3.05) is 20.8 Å². The van der Waals surface area contributed by atoms with Gasteiger partial charge < -0.3 is 9.84 Å². The molecule has 0 aliphatic rings. The van der Waals surface area contributed by atoms with Gasteiger partial charge in [-0.15, -0.1) is 0 Å². The summed E-state index contributed by atoms with van der Waals surface area (Å²) >= 11 is 0. The summed E-state index contributed by atoms with van der Waals surface area (Å²) in [5, 5.41) is 9.02. The highest BCUT2D eigenvalue weighted by Crippen LogP contribution is 2.18. The number of carbonyl (C=O) groups excluding carboxylic acids is 1. The lowest BCUT2D eigenvalue weighted by Gasteiger charge is -2.22. The predicted octanol–water partition coefficient (Wildman–Crippen LogP) is 0.474. The molecule has 0 spiro atoms. The number of hydrogen-bond donors (Lipinski definition) is 1. The molecular formula is C12H17NO5S. The van der Waals surface area contributed by atoms with Crippen molar-refractivity contribution >= 4 is 16.0 Å². The number of ether oxygens (including phenoxy) is 1. The Bertz CT molecular complexity index is 555. The van der Waals surface area contributed by atoms with Crippen LogP contribution >= 0.6 is 0 Å². The SMILES string of the molecule is COC(=O)c1cccc(S(=O)(=O)N(C)C(C)CO)c1. The molecule has 0 aromatic heterocycles. The quantitative estimate of drug-likeness (QED) is 0.796. The average molecular weight is 287 g/mol. The zero-order chi connectivity index (χ0) is 14.6. The van der Waals surface area contributed by atoms with Crippen molar-refractivity contribution in [1.82, 2.24) is 4.31 Å². The van der Waals surface area contributed by atoms with E-state index in [9.17, 15) is 13.2 Å². The minimum absolute atomic E-state index is 0.0156. The second kappa shape index (κ2) is 6.14. The lowest BCUT2D eigenvalue weighted by atomic mass is 10.2. The van der Waals surface area contributed by atoms with Crippen molar-refractivity contribution in [2.24, 2.45) is 0 Å². The highest BCUT2D eigenvalue weighted by Gasteiger charge is 2.25. The van der Waals surface area contributed by atoms with Crippen LogP contribution in [0.15, 0.2) is 29.2 Å². The molecule has 0 amide bonds. The number of aliphatic hydroxyl groups is 1. The maximum atomic E-state index is 12.3. The average Bonchev–Trinajstić information content (AvgIpc) is 2.44. The molecule has 1 N–H and O–H groups in total. The van der Waals surface area contributed by atoms with E-state index in [1.807, 2.05) is 0 Å². The van der Waals surface area contributed by atoms with E-state index < -0.39 is 22.0 Å². The predicted molar refractivity (Wildman–Crippen MR) is 69.3 cm³/mol. The minimum atomic E-state index is -3.75. The van der Waals surface area contributed by atoms with Crippen LogP contribution in [-0.2, 0) is 14.8 Å². The summed E-state index contributed by atoms with van der Waals surface area (Å²) in [5.41, 5.74) is 0.161. The Labute approximate surface area is 112 Å². The van der Waals surface area contributed by atoms with Gasteiger partial charge in [-0.1, -0.05) is 6.07 Å². The van der Waals surface area contributed by atoms with Gasteiger partial charge in [-0.2, -0.15) is 4.31 Å². The molecule has 0 aliphatic heterocycles. The van der Waals surface area contributed by atoms with E-state index >= 15 is 0 Å². The number of rotatable bonds is 5. The summed E-state index contributed by atoms with van der Waals surface area (Å²) in [6.45, 7) is 1.30. The van der Waals surface area contributed by atoms with Gasteiger partial charge >= 0.3 is 5.97 Å². The number of methoxy groups -OCH3 is 1. The smallest absolute Gasteiger partial charge is 0.337 e. The monoisotopic (exact) mass is 287 g/mol. The van der Waals surface area contributed by atoms with E-state index in [4.69, 9.17) is 5.11 Å². The number of benzene rings is 1. The summed E-state index contributed by atoms with van der Waals surface area (Å²) in [6.07, 6.45) is 0. The number of carbonyl (C=O) groups is 1. The fourth-order valence-electron chi connectivity index (χ4n) is 1.42. The highest BCUT2D eigenvalue weighted by molar-refractivity contribution is 7.89. The molecule has 1 rings (SSSR count). The summed E-state index contributed by atoms with van der Waals surface area (Å²) < 4.78 is 30.1. The topological polar surface area (TPSA) is 83.9 Å². The van der Waals surface area contributed by atoms with Crippen LogP contribution < -0.4 is 0 Å². The van der Waals surface area contributed by atoms with Gasteiger partial charge in [0.2, 0.25) is 10.0 Å². The fourth-order valence-corrected chi connectivity index (χ4v) is 2.82. The van der Waals surface area contributed by atoms with Crippen molar-refractivity contribution in [3.05, 3.63) is 29.8 Å². The van der Waals surface area contributed by atoms with Crippen molar-refractivity contribution in [3.63, 3.8) is 0 Å². The summed E-state index contributed by atoms with van der Waals surface area (Å²) in [5.74, 6) is -0.602. The molecule has 1 unspecified atom stereocenters. The maximum absolute atomic E-state index is 12.3. The van der Waals surface area contributed by atoms with E-state index in [1.165, 1.54) is 38.4 Å². The second-order valence-electron chi connectivity index (χ2n) is 4.07. The van der Waals surface area contributed by atoms with Crippen molar-refractivity contribution in [1.29, 1.82) is 0 Å². The fraction of sp³-hybridized carbons (Fsp3) is 0.417. The number of likely N-dealkylation sites (N-methyl/N-ethyl adjacent to an activating group) is 1. The van der Waals surface area contributed by atoms with Crippen LogP contribution in [0.2, 0.25) is 0 Å². The van der Waals surface area contributed by atoms with Gasteiger partial charge in [0.25, 0.3) is 0 Å². The Morgan fingerprint density at radius 1 is 1.47 bits per heavy atom. The molecule has 106 valence electrons. The summed E-state index contributed by atoms with van der Waals surface area (Å²) in [4.78, 5) is 11.4. The number of aliphatic hydroxyl groups excluding tert-OH is 1. The molecule has 0 heterocycles. The third-order valence-electron chi connectivity index (χ3n) is 2.82. The molecule has 0 radical (unpaired) electrons. The van der Waals surface area contributed by atoms with Crippen molar-refractivity contribution < 1.29 is 23.1 Å². The van der Waals surface area contributed by atoms with Gasteiger partial charge in [0.15, 0.2) is 0 Å². The Balaban J connectivity index is 3.19. The van der Waals surface area contributed by atoms with Crippen LogP contribution in [0.25, 0.3) is 0 Å². The summed E-state index contributed by atoms with van der Waals surface area (Å²) in [6, 6.07) is 5.04. The molecule has 7 heteroatoms. The molecule has 6 nitrogen and oxygen atoms in total. The van der Waals surface area contributed by atoms with Crippen LogP contribution in [0.5, 0.6) is 0 Å². The van der Waals surface area contributed by atoms with Gasteiger partial charge in [0.1, 0.15) is 0 Å². The maximum Gasteiger partial charge on any atom is 0.337 e. The van der Waals surface area contributed by atoms with Crippen LogP contribution in [0, 0.1) is 0 Å². The number of nitrogens with zero attached hydrogens (tertiary/aromatic N) is 1. The number of hydrogen-bond acceptors (Lipinski definition) is 5. The Morgan fingerprint density at radius 3 is 2.63 bits per heavy atom. The normalized spacial score (nSPS) is 13.3. The first-order valence-electron chi connectivity index (χ1n) is 5.62. The molecule has 0 bridgehead atoms. The van der Waals surface area contributed by atoms with E-state index in [0.29, 0.717) is 0 Å². The molecule has 19 heavy (non-hydrogen) atoms. The van der Waals surface area contributed by atoms with E-state index in [2.05, 4.69) is 4.74 Å². The molecule has 1 aromatic rings. The van der Waals surface area contributed by atoms with Gasteiger partial charge in [-0.05, 0) is 25.1 Å². The zero-order valence-electron chi connectivity index (χ0n) is 11.0. The molecule has 1 atom stereocenters. The van der Waals surface area contributed by atoms with Crippen molar-refractivity contribution in [3.8, 4) is 0 Å². The van der Waals surface area contributed by atoms with Gasteiger partial charge in [0.05, 0.1) is 24.2 Å². The van der Waals surface area contributed by atoms with Gasteiger partial charge in [-0.3, -0.25) is 0 Å². The second-order valence-corrected chi connectivity index (χ2v) is 6.07. The molecule has 0 saturated heterocycles. The van der Waals surface area contributed by atoms with Crippen LogP contribution in [0.1, 0.15) is 17.3 Å². The van der Waals surface area contributed by atoms with Crippen LogP contribution in [0.3, 0.4) is 0 Å². The van der Waals surface area contributed by atoms with E-state index in [0.717, 1.165) is 4.31 Å².